The van der Waals surface area contributed by atoms with Crippen LogP contribution < -0.4 is 10.7 Å². The molecule has 0 unspecified atom stereocenters. The van der Waals surface area contributed by atoms with Gasteiger partial charge in [-0.1, -0.05) is 36.4 Å². The lowest BCUT2D eigenvalue weighted by Gasteiger charge is -2.05. The van der Waals surface area contributed by atoms with Crippen molar-refractivity contribution >= 4 is 18.0 Å². The van der Waals surface area contributed by atoms with E-state index in [4.69, 9.17) is 0 Å². The molecule has 3 N–H and O–H groups in total. The third-order valence-electron chi connectivity index (χ3n) is 3.35. The van der Waals surface area contributed by atoms with Gasteiger partial charge in [0.2, 0.25) is 0 Å². The number of hydrogen-bond donors (Lipinski definition) is 3. The molecule has 0 fully saturated rings. The van der Waals surface area contributed by atoms with Crippen LogP contribution in [0.5, 0.6) is 5.75 Å². The van der Waals surface area contributed by atoms with E-state index in [0.29, 0.717) is 17.5 Å². The molecule has 0 aliphatic rings. The molecule has 2 aromatic rings. The van der Waals surface area contributed by atoms with Crippen LogP contribution in [0, 0.1) is 0 Å². The second kappa shape index (κ2) is 9.02. The molecule has 0 saturated carbocycles. The number of benzene rings is 2. The number of phenols is 1. The van der Waals surface area contributed by atoms with Gasteiger partial charge in [-0.25, -0.2) is 5.43 Å². The number of hydrazone groups is 1. The Morgan fingerprint density at radius 3 is 2.60 bits per heavy atom. The van der Waals surface area contributed by atoms with E-state index in [2.05, 4.69) is 22.4 Å². The zero-order chi connectivity index (χ0) is 18.1. The van der Waals surface area contributed by atoms with Crippen LogP contribution in [0.25, 0.3) is 0 Å². The summed E-state index contributed by atoms with van der Waals surface area (Å²) in [7, 11) is 0. The fraction of sp³-hybridized carbons (Fsp3) is 0.105. The number of para-hydroxylation sites is 1. The minimum Gasteiger partial charge on any atom is -0.507 e. The fourth-order valence-electron chi connectivity index (χ4n) is 2.10. The predicted molar refractivity (Wildman–Crippen MR) is 96.5 cm³/mol. The molecule has 128 valence electrons. The molecule has 2 amide bonds. The van der Waals surface area contributed by atoms with Crippen molar-refractivity contribution in [1.82, 2.24) is 10.7 Å². The lowest BCUT2D eigenvalue weighted by molar-refractivity contribution is -0.120. The van der Waals surface area contributed by atoms with Gasteiger partial charge in [-0.2, -0.15) is 5.10 Å². The van der Waals surface area contributed by atoms with Crippen molar-refractivity contribution in [2.45, 2.75) is 6.42 Å². The molecule has 0 aromatic heterocycles. The highest BCUT2D eigenvalue weighted by Gasteiger charge is 2.07. The summed E-state index contributed by atoms with van der Waals surface area (Å²) in [4.78, 5) is 23.5. The maximum atomic E-state index is 11.8. The lowest BCUT2D eigenvalue weighted by Crippen LogP contribution is -2.34. The average Bonchev–Trinajstić information content (AvgIpc) is 2.63. The number of nitrogens with zero attached hydrogens (tertiary/aromatic N) is 1. The van der Waals surface area contributed by atoms with Crippen molar-refractivity contribution in [3.63, 3.8) is 0 Å². The van der Waals surface area contributed by atoms with Gasteiger partial charge in [-0.05, 0) is 30.2 Å². The van der Waals surface area contributed by atoms with Crippen LogP contribution in [-0.4, -0.2) is 29.7 Å². The largest absolute Gasteiger partial charge is 0.507 e. The Kier molecular flexibility index (Phi) is 6.47. The lowest BCUT2D eigenvalue weighted by atomic mass is 10.1. The third kappa shape index (κ3) is 5.31. The molecule has 0 spiro atoms. The summed E-state index contributed by atoms with van der Waals surface area (Å²) < 4.78 is 0. The van der Waals surface area contributed by atoms with E-state index >= 15 is 0 Å². The van der Waals surface area contributed by atoms with E-state index in [1.54, 1.807) is 54.6 Å². The number of nitrogens with one attached hydrogen (secondary N) is 2. The number of rotatable bonds is 7. The van der Waals surface area contributed by atoms with Gasteiger partial charge in [0.25, 0.3) is 11.8 Å². The topological polar surface area (TPSA) is 90.8 Å². The smallest absolute Gasteiger partial charge is 0.259 e. The summed E-state index contributed by atoms with van der Waals surface area (Å²) in [6, 6.07) is 13.8. The summed E-state index contributed by atoms with van der Waals surface area (Å²) in [6.07, 6.45) is 3.57. The molecular formula is C19H19N3O3. The molecule has 0 atom stereocenters. The molecule has 2 aromatic carbocycles. The maximum absolute atomic E-state index is 11.8. The number of amides is 2. The molecule has 0 radical (unpaired) electrons. The van der Waals surface area contributed by atoms with E-state index in [9.17, 15) is 14.7 Å². The van der Waals surface area contributed by atoms with Gasteiger partial charge in [0.05, 0.1) is 12.8 Å². The fourth-order valence-corrected chi connectivity index (χ4v) is 2.10. The van der Waals surface area contributed by atoms with E-state index in [1.165, 1.54) is 6.21 Å². The monoisotopic (exact) mass is 337 g/mol. The molecule has 0 aliphatic heterocycles. The summed E-state index contributed by atoms with van der Waals surface area (Å²) in [5.74, 6) is -0.713. The molecule has 0 saturated heterocycles. The van der Waals surface area contributed by atoms with Crippen molar-refractivity contribution in [3.8, 4) is 5.75 Å². The molecule has 0 heterocycles. The second-order valence-electron chi connectivity index (χ2n) is 5.19. The van der Waals surface area contributed by atoms with Crippen LogP contribution in [-0.2, 0) is 11.2 Å². The van der Waals surface area contributed by atoms with Crippen LogP contribution in [0.1, 0.15) is 21.5 Å². The van der Waals surface area contributed by atoms with Crippen LogP contribution in [0.4, 0.5) is 0 Å². The first-order valence-electron chi connectivity index (χ1n) is 7.68. The molecular weight excluding hydrogens is 318 g/mol. The Bertz CT molecular complexity index is 786. The normalized spacial score (nSPS) is 10.4. The molecule has 6 nitrogen and oxygen atoms in total. The van der Waals surface area contributed by atoms with Crippen LogP contribution in [0.15, 0.2) is 66.3 Å². The molecule has 25 heavy (non-hydrogen) atoms. The maximum Gasteiger partial charge on any atom is 0.259 e. The summed E-state index contributed by atoms with van der Waals surface area (Å²) in [6.45, 7) is 3.43. The minimum atomic E-state index is -0.470. The number of phenolic OH excluding ortho intramolecular Hbond substituents is 1. The summed E-state index contributed by atoms with van der Waals surface area (Å²) in [5, 5.41) is 16.4. The second-order valence-corrected chi connectivity index (χ2v) is 5.19. The van der Waals surface area contributed by atoms with E-state index in [-0.39, 0.29) is 18.2 Å². The number of carbonyl (C=O) groups excluding carboxylic acids is 2. The van der Waals surface area contributed by atoms with Crippen molar-refractivity contribution < 1.29 is 14.7 Å². The third-order valence-corrected chi connectivity index (χ3v) is 3.35. The number of carbonyl (C=O) groups is 2. The number of hydrogen-bond acceptors (Lipinski definition) is 4. The van der Waals surface area contributed by atoms with Crippen LogP contribution in [0.2, 0.25) is 0 Å². The van der Waals surface area contributed by atoms with Crippen molar-refractivity contribution in [2.75, 3.05) is 6.54 Å². The highest BCUT2D eigenvalue weighted by molar-refractivity contribution is 5.96. The zero-order valence-corrected chi connectivity index (χ0v) is 13.6. The van der Waals surface area contributed by atoms with E-state index in [0.717, 1.165) is 5.56 Å². The molecule has 0 aliphatic carbocycles. The quantitative estimate of drug-likeness (QED) is 0.410. The SMILES string of the molecule is C=CCc1cccc(/C=N/NC(=O)CNC(=O)c2ccccc2)c1O. The van der Waals surface area contributed by atoms with Gasteiger partial charge in [-0.3, -0.25) is 9.59 Å². The first kappa shape index (κ1) is 17.9. The van der Waals surface area contributed by atoms with Gasteiger partial charge in [0.15, 0.2) is 0 Å². The Morgan fingerprint density at radius 1 is 1.12 bits per heavy atom. The predicted octanol–water partition coefficient (Wildman–Crippen LogP) is 2.00. The van der Waals surface area contributed by atoms with E-state index < -0.39 is 5.91 Å². The first-order chi connectivity index (χ1) is 12.1. The first-order valence-corrected chi connectivity index (χ1v) is 7.68. The van der Waals surface area contributed by atoms with Crippen molar-refractivity contribution in [1.29, 1.82) is 0 Å². The van der Waals surface area contributed by atoms with Crippen molar-refractivity contribution in [2.24, 2.45) is 5.10 Å². The standard InChI is InChI=1S/C19H19N3O3/c1-2-7-14-10-6-11-16(18(14)24)12-21-22-17(23)13-20-19(25)15-8-4-3-5-9-15/h2-6,8-12,24H,1,7,13H2,(H,20,25)(H,22,23)/b21-12+. The van der Waals surface area contributed by atoms with Gasteiger partial charge in [0.1, 0.15) is 5.75 Å². The highest BCUT2D eigenvalue weighted by Crippen LogP contribution is 2.21. The Balaban J connectivity index is 1.86. The van der Waals surface area contributed by atoms with Gasteiger partial charge in [0, 0.05) is 11.1 Å². The Labute approximate surface area is 145 Å². The van der Waals surface area contributed by atoms with Crippen LogP contribution in [0.3, 0.4) is 0 Å². The van der Waals surface area contributed by atoms with Gasteiger partial charge >= 0.3 is 0 Å². The summed E-state index contributed by atoms with van der Waals surface area (Å²) in [5.41, 5.74) is 3.98. The van der Waals surface area contributed by atoms with E-state index in [1.807, 2.05) is 0 Å². The number of allylic oxidation sites excluding steroid dienone is 1. The molecule has 0 bridgehead atoms. The molecule has 6 heteroatoms. The van der Waals surface area contributed by atoms with Crippen molar-refractivity contribution in [3.05, 3.63) is 77.9 Å². The Morgan fingerprint density at radius 2 is 1.88 bits per heavy atom. The van der Waals surface area contributed by atoms with Gasteiger partial charge in [-0.15, -0.1) is 6.58 Å². The number of aromatic hydroxyl groups is 1. The highest BCUT2D eigenvalue weighted by atomic mass is 16.3. The molecule has 2 rings (SSSR count). The van der Waals surface area contributed by atoms with Crippen LogP contribution >= 0.6 is 0 Å². The summed E-state index contributed by atoms with van der Waals surface area (Å²) >= 11 is 0. The average molecular weight is 337 g/mol. The zero-order valence-electron chi connectivity index (χ0n) is 13.6. The Hall–Kier alpha value is -3.41. The van der Waals surface area contributed by atoms with Gasteiger partial charge < -0.3 is 10.4 Å². The minimum absolute atomic E-state index is 0.0952.